The van der Waals surface area contributed by atoms with E-state index in [9.17, 15) is 4.79 Å². The van der Waals surface area contributed by atoms with E-state index >= 15 is 0 Å². The molecule has 0 spiro atoms. The average molecular weight is 267 g/mol. The van der Waals surface area contributed by atoms with Crippen LogP contribution >= 0.6 is 11.3 Å². The van der Waals surface area contributed by atoms with Crippen molar-refractivity contribution in [1.29, 1.82) is 0 Å². The van der Waals surface area contributed by atoms with Gasteiger partial charge in [0.25, 0.3) is 0 Å². The Morgan fingerprint density at radius 1 is 1.61 bits per heavy atom. The smallest absolute Gasteiger partial charge is 0.249 e. The van der Waals surface area contributed by atoms with Crippen LogP contribution in [0.3, 0.4) is 0 Å². The van der Waals surface area contributed by atoms with Gasteiger partial charge in [-0.15, -0.1) is 11.3 Å². The van der Waals surface area contributed by atoms with Crippen molar-refractivity contribution in [2.75, 3.05) is 13.1 Å². The quantitative estimate of drug-likeness (QED) is 0.869. The molecule has 4 N–H and O–H groups in total. The van der Waals surface area contributed by atoms with Crippen molar-refractivity contribution >= 4 is 17.2 Å². The molecule has 0 radical (unpaired) electrons. The van der Waals surface area contributed by atoms with Crippen molar-refractivity contribution in [2.24, 2.45) is 16.9 Å². The molecule has 0 aliphatic carbocycles. The van der Waals surface area contributed by atoms with E-state index in [0.29, 0.717) is 5.56 Å². The van der Waals surface area contributed by atoms with Crippen molar-refractivity contribution in [2.45, 2.75) is 32.9 Å². The highest BCUT2D eigenvalue weighted by atomic mass is 32.1. The number of likely N-dealkylation sites (tertiary alicyclic amines) is 1. The predicted octanol–water partition coefficient (Wildman–Crippen LogP) is 1.41. The number of rotatable bonds is 3. The first kappa shape index (κ1) is 13.5. The predicted molar refractivity (Wildman–Crippen MR) is 74.5 cm³/mol. The second-order valence-electron chi connectivity index (χ2n) is 5.76. The highest BCUT2D eigenvalue weighted by molar-refractivity contribution is 7.10. The van der Waals surface area contributed by atoms with Gasteiger partial charge < -0.3 is 11.5 Å². The molecule has 1 unspecified atom stereocenters. The molecule has 1 saturated heterocycles. The second-order valence-corrected chi connectivity index (χ2v) is 6.76. The van der Waals surface area contributed by atoms with Crippen LogP contribution in [-0.4, -0.2) is 29.9 Å². The molecule has 1 aliphatic rings. The van der Waals surface area contributed by atoms with Gasteiger partial charge in [-0.25, -0.2) is 0 Å². The number of hydrogen-bond donors (Lipinski definition) is 2. The summed E-state index contributed by atoms with van der Waals surface area (Å²) in [5.74, 6) is -0.349. The molecule has 1 aliphatic heterocycles. The first-order valence-electron chi connectivity index (χ1n) is 6.23. The second kappa shape index (κ2) is 4.99. The van der Waals surface area contributed by atoms with Crippen LogP contribution in [0.15, 0.2) is 11.4 Å². The number of carbonyl (C=O) groups excluding carboxylic acids is 1. The zero-order chi connectivity index (χ0) is 13.3. The molecule has 100 valence electrons. The SMILES string of the molecule is CC1(C)CN(Cc2cc(C(N)=O)cs2)CCC1N. The van der Waals surface area contributed by atoms with Crippen molar-refractivity contribution < 1.29 is 4.79 Å². The van der Waals surface area contributed by atoms with Crippen LogP contribution in [0.2, 0.25) is 0 Å². The number of primary amides is 1. The highest BCUT2D eigenvalue weighted by Gasteiger charge is 2.33. The fourth-order valence-corrected chi connectivity index (χ4v) is 3.35. The molecular formula is C13H21N3OS. The molecule has 1 fully saturated rings. The van der Waals surface area contributed by atoms with Crippen molar-refractivity contribution in [1.82, 2.24) is 4.90 Å². The largest absolute Gasteiger partial charge is 0.366 e. The van der Waals surface area contributed by atoms with E-state index in [1.165, 1.54) is 4.88 Å². The van der Waals surface area contributed by atoms with E-state index in [1.54, 1.807) is 11.3 Å². The van der Waals surface area contributed by atoms with Crippen LogP contribution in [0.4, 0.5) is 0 Å². The van der Waals surface area contributed by atoms with Crippen LogP contribution in [0.5, 0.6) is 0 Å². The highest BCUT2D eigenvalue weighted by Crippen LogP contribution is 2.29. The molecule has 0 aromatic carbocycles. The summed E-state index contributed by atoms with van der Waals surface area (Å²) in [6.45, 7) is 7.33. The van der Waals surface area contributed by atoms with Crippen molar-refractivity contribution in [3.8, 4) is 0 Å². The third-order valence-corrected chi connectivity index (χ3v) is 4.63. The molecule has 0 saturated carbocycles. The summed E-state index contributed by atoms with van der Waals surface area (Å²) in [7, 11) is 0. The molecule has 1 amide bonds. The third kappa shape index (κ3) is 2.91. The van der Waals surface area contributed by atoms with Crippen LogP contribution in [0, 0.1) is 5.41 Å². The number of thiophene rings is 1. The van der Waals surface area contributed by atoms with E-state index < -0.39 is 0 Å². The number of amides is 1. The van der Waals surface area contributed by atoms with Gasteiger partial charge in [-0.05, 0) is 17.9 Å². The monoisotopic (exact) mass is 267 g/mol. The molecule has 1 aromatic rings. The zero-order valence-corrected chi connectivity index (χ0v) is 11.8. The molecule has 1 aromatic heterocycles. The Labute approximate surface area is 112 Å². The third-order valence-electron chi connectivity index (χ3n) is 3.71. The van der Waals surface area contributed by atoms with Gasteiger partial charge in [0.15, 0.2) is 0 Å². The van der Waals surface area contributed by atoms with Crippen molar-refractivity contribution in [3.63, 3.8) is 0 Å². The molecule has 18 heavy (non-hydrogen) atoms. The van der Waals surface area contributed by atoms with E-state index in [1.807, 2.05) is 11.4 Å². The Morgan fingerprint density at radius 3 is 2.89 bits per heavy atom. The van der Waals surface area contributed by atoms with Gasteiger partial charge >= 0.3 is 0 Å². The van der Waals surface area contributed by atoms with Gasteiger partial charge in [-0.1, -0.05) is 13.8 Å². The first-order valence-corrected chi connectivity index (χ1v) is 7.11. The summed E-state index contributed by atoms with van der Waals surface area (Å²) < 4.78 is 0. The fourth-order valence-electron chi connectivity index (χ4n) is 2.43. The van der Waals surface area contributed by atoms with E-state index in [4.69, 9.17) is 11.5 Å². The maximum atomic E-state index is 11.1. The minimum atomic E-state index is -0.349. The molecule has 0 bridgehead atoms. The van der Waals surface area contributed by atoms with Gasteiger partial charge in [0.1, 0.15) is 0 Å². The van der Waals surface area contributed by atoms with Gasteiger partial charge in [0, 0.05) is 35.9 Å². The van der Waals surface area contributed by atoms with Gasteiger partial charge in [0.05, 0.1) is 5.56 Å². The van der Waals surface area contributed by atoms with Crippen LogP contribution in [-0.2, 0) is 6.54 Å². The molecule has 4 nitrogen and oxygen atoms in total. The Balaban J connectivity index is 1.99. The van der Waals surface area contributed by atoms with E-state index in [0.717, 1.165) is 26.1 Å². The molecule has 2 rings (SSSR count). The van der Waals surface area contributed by atoms with Gasteiger partial charge in [-0.3, -0.25) is 9.69 Å². The number of nitrogens with two attached hydrogens (primary N) is 2. The standard InChI is InChI=1S/C13H21N3OS/c1-13(2)8-16(4-3-11(13)14)6-10-5-9(7-18-10)12(15)17/h5,7,11H,3-4,6,8,14H2,1-2H3,(H2,15,17). The lowest BCUT2D eigenvalue weighted by Gasteiger charge is -2.42. The summed E-state index contributed by atoms with van der Waals surface area (Å²) in [4.78, 5) is 14.6. The summed E-state index contributed by atoms with van der Waals surface area (Å²) in [6.07, 6.45) is 1.03. The number of carbonyl (C=O) groups is 1. The lowest BCUT2D eigenvalue weighted by molar-refractivity contribution is 0.0906. The lowest BCUT2D eigenvalue weighted by Crippen LogP contribution is -2.51. The maximum Gasteiger partial charge on any atom is 0.249 e. The van der Waals surface area contributed by atoms with E-state index in [-0.39, 0.29) is 17.4 Å². The van der Waals surface area contributed by atoms with Gasteiger partial charge in [0.2, 0.25) is 5.91 Å². The maximum absolute atomic E-state index is 11.1. The lowest BCUT2D eigenvalue weighted by atomic mass is 9.80. The van der Waals surface area contributed by atoms with Crippen LogP contribution < -0.4 is 11.5 Å². The van der Waals surface area contributed by atoms with Crippen LogP contribution in [0.1, 0.15) is 35.5 Å². The minimum absolute atomic E-state index is 0.155. The first-order chi connectivity index (χ1) is 8.38. The Hall–Kier alpha value is -0.910. The van der Waals surface area contributed by atoms with Crippen LogP contribution in [0.25, 0.3) is 0 Å². The summed E-state index contributed by atoms with van der Waals surface area (Å²) in [6, 6.07) is 2.17. The molecule has 1 atom stereocenters. The number of hydrogen-bond acceptors (Lipinski definition) is 4. The topological polar surface area (TPSA) is 72.3 Å². The number of piperidine rings is 1. The van der Waals surface area contributed by atoms with Crippen molar-refractivity contribution in [3.05, 3.63) is 21.9 Å². The Kier molecular flexibility index (Phi) is 3.75. The Morgan fingerprint density at radius 2 is 2.33 bits per heavy atom. The summed E-state index contributed by atoms with van der Waals surface area (Å²) in [5.41, 5.74) is 12.2. The normalized spacial score (nSPS) is 24.1. The Bertz CT molecular complexity index is 441. The number of nitrogens with zero attached hydrogens (tertiary/aromatic N) is 1. The molecule has 2 heterocycles. The fraction of sp³-hybridized carbons (Fsp3) is 0.615. The molecular weight excluding hydrogens is 246 g/mol. The molecule has 5 heteroatoms. The zero-order valence-electron chi connectivity index (χ0n) is 11.0. The van der Waals surface area contributed by atoms with Gasteiger partial charge in [-0.2, -0.15) is 0 Å². The van der Waals surface area contributed by atoms with E-state index in [2.05, 4.69) is 18.7 Å². The average Bonchev–Trinajstić information content (AvgIpc) is 2.72. The summed E-state index contributed by atoms with van der Waals surface area (Å²) in [5, 5.41) is 1.83. The summed E-state index contributed by atoms with van der Waals surface area (Å²) >= 11 is 1.60. The minimum Gasteiger partial charge on any atom is -0.366 e.